The van der Waals surface area contributed by atoms with Crippen LogP contribution in [-0.2, 0) is 9.59 Å². The first kappa shape index (κ1) is 21.4. The van der Waals surface area contributed by atoms with Gasteiger partial charge in [-0.25, -0.2) is 9.59 Å². The fourth-order valence-corrected chi connectivity index (χ4v) is 2.59. The minimum atomic E-state index is -0.942. The average molecular weight is 400 g/mol. The van der Waals surface area contributed by atoms with Crippen LogP contribution < -0.4 is 4.74 Å². The SMILES string of the molecule is CCC(C)C(N=Cc1ccc(OC(=O)/C=C/c2cccc(Cl)c2)cc1)C(=O)O. The fraction of sp³-hybridized carbons (Fsp3) is 0.227. The minimum absolute atomic E-state index is 0.0553. The van der Waals surface area contributed by atoms with Crippen LogP contribution in [0.5, 0.6) is 5.75 Å². The third-order valence-electron chi connectivity index (χ3n) is 4.18. The maximum absolute atomic E-state index is 11.9. The summed E-state index contributed by atoms with van der Waals surface area (Å²) < 4.78 is 5.24. The topological polar surface area (TPSA) is 76.0 Å². The van der Waals surface area contributed by atoms with Crippen LogP contribution in [0, 0.1) is 5.92 Å². The molecule has 0 aliphatic carbocycles. The Balaban J connectivity index is 1.97. The Morgan fingerprint density at radius 1 is 1.18 bits per heavy atom. The highest BCUT2D eigenvalue weighted by atomic mass is 35.5. The smallest absolute Gasteiger partial charge is 0.336 e. The van der Waals surface area contributed by atoms with Gasteiger partial charge in [-0.1, -0.05) is 44.0 Å². The Labute approximate surface area is 169 Å². The van der Waals surface area contributed by atoms with Crippen molar-refractivity contribution in [3.8, 4) is 5.75 Å². The van der Waals surface area contributed by atoms with Crippen LogP contribution in [0.15, 0.2) is 59.6 Å². The number of carbonyl (C=O) groups is 2. The molecular formula is C22H22ClNO4. The molecule has 146 valence electrons. The summed E-state index contributed by atoms with van der Waals surface area (Å²) in [5.74, 6) is -1.12. The molecule has 0 aromatic heterocycles. The fourth-order valence-electron chi connectivity index (χ4n) is 2.39. The number of hydrogen-bond donors (Lipinski definition) is 1. The van der Waals surface area contributed by atoms with Crippen molar-refractivity contribution in [2.45, 2.75) is 26.3 Å². The molecule has 2 atom stereocenters. The zero-order valence-corrected chi connectivity index (χ0v) is 16.5. The van der Waals surface area contributed by atoms with Crippen molar-refractivity contribution in [2.75, 3.05) is 0 Å². The Morgan fingerprint density at radius 3 is 2.50 bits per heavy atom. The number of halogens is 1. The van der Waals surface area contributed by atoms with E-state index in [1.54, 1.807) is 48.5 Å². The van der Waals surface area contributed by atoms with Crippen molar-refractivity contribution in [3.63, 3.8) is 0 Å². The maximum Gasteiger partial charge on any atom is 0.336 e. The minimum Gasteiger partial charge on any atom is -0.480 e. The summed E-state index contributed by atoms with van der Waals surface area (Å²) in [6, 6.07) is 13.0. The molecule has 0 saturated carbocycles. The lowest BCUT2D eigenvalue weighted by Gasteiger charge is -2.13. The summed E-state index contributed by atoms with van der Waals surface area (Å²) >= 11 is 5.90. The lowest BCUT2D eigenvalue weighted by atomic mass is 10.00. The van der Waals surface area contributed by atoms with E-state index >= 15 is 0 Å². The molecule has 2 aromatic rings. The van der Waals surface area contributed by atoms with Crippen molar-refractivity contribution >= 4 is 35.8 Å². The van der Waals surface area contributed by atoms with Gasteiger partial charge in [-0.2, -0.15) is 0 Å². The second-order valence-corrected chi connectivity index (χ2v) is 6.76. The van der Waals surface area contributed by atoms with Crippen LogP contribution in [0.3, 0.4) is 0 Å². The first-order valence-electron chi connectivity index (χ1n) is 8.90. The lowest BCUT2D eigenvalue weighted by Crippen LogP contribution is -2.25. The van der Waals surface area contributed by atoms with Crippen LogP contribution in [0.4, 0.5) is 0 Å². The number of aliphatic imine (C=N–C) groups is 1. The molecule has 0 aliphatic rings. The molecule has 1 N–H and O–H groups in total. The molecule has 2 rings (SSSR count). The van der Waals surface area contributed by atoms with Gasteiger partial charge in [0.2, 0.25) is 0 Å². The highest BCUT2D eigenvalue weighted by Gasteiger charge is 2.21. The van der Waals surface area contributed by atoms with Gasteiger partial charge in [-0.15, -0.1) is 0 Å². The molecule has 0 aliphatic heterocycles. The summed E-state index contributed by atoms with van der Waals surface area (Å²) in [7, 11) is 0. The number of carboxylic acid groups (broad SMARTS) is 1. The van der Waals surface area contributed by atoms with E-state index in [2.05, 4.69) is 4.99 Å². The molecule has 0 amide bonds. The number of aliphatic carboxylic acids is 1. The van der Waals surface area contributed by atoms with Crippen LogP contribution in [-0.4, -0.2) is 29.3 Å². The Hall–Kier alpha value is -2.92. The molecule has 6 heteroatoms. The summed E-state index contributed by atoms with van der Waals surface area (Å²) in [6.07, 6.45) is 5.20. The monoisotopic (exact) mass is 399 g/mol. The molecule has 28 heavy (non-hydrogen) atoms. The molecule has 0 bridgehead atoms. The normalized spacial score (nSPS) is 13.5. The van der Waals surface area contributed by atoms with Gasteiger partial charge in [0.05, 0.1) is 0 Å². The van der Waals surface area contributed by atoms with Crippen molar-refractivity contribution in [2.24, 2.45) is 10.9 Å². The molecule has 0 heterocycles. The molecular weight excluding hydrogens is 378 g/mol. The second kappa shape index (κ2) is 10.4. The number of ether oxygens (including phenoxy) is 1. The first-order chi connectivity index (χ1) is 13.4. The standard InChI is InChI=1S/C22H22ClNO4/c1-3-15(2)21(22(26)27)24-14-17-7-10-19(11-8-17)28-20(25)12-9-16-5-4-6-18(23)13-16/h4-15,21H,3H2,1-2H3,(H,26,27)/b12-9+,24-14?. The van der Waals surface area contributed by atoms with Crippen LogP contribution >= 0.6 is 11.6 Å². The Kier molecular flexibility index (Phi) is 7.96. The molecule has 2 unspecified atom stereocenters. The maximum atomic E-state index is 11.9. The molecule has 2 aromatic carbocycles. The van der Waals surface area contributed by atoms with Gasteiger partial charge >= 0.3 is 11.9 Å². The zero-order valence-electron chi connectivity index (χ0n) is 15.7. The predicted octanol–water partition coefficient (Wildman–Crippen LogP) is 4.88. The van der Waals surface area contributed by atoms with Crippen molar-refractivity contribution < 1.29 is 19.4 Å². The van der Waals surface area contributed by atoms with Crippen molar-refractivity contribution in [3.05, 3.63) is 70.8 Å². The number of benzene rings is 2. The van der Waals surface area contributed by atoms with Crippen molar-refractivity contribution in [1.29, 1.82) is 0 Å². The van der Waals surface area contributed by atoms with Gasteiger partial charge in [0.25, 0.3) is 0 Å². The lowest BCUT2D eigenvalue weighted by molar-refractivity contribution is -0.139. The molecule has 0 saturated heterocycles. The van der Waals surface area contributed by atoms with Crippen LogP contribution in [0.1, 0.15) is 31.4 Å². The highest BCUT2D eigenvalue weighted by molar-refractivity contribution is 6.30. The highest BCUT2D eigenvalue weighted by Crippen LogP contribution is 2.15. The van der Waals surface area contributed by atoms with Gasteiger partial charge in [0.1, 0.15) is 11.8 Å². The molecule has 0 fully saturated rings. The number of carbonyl (C=O) groups excluding carboxylic acids is 1. The summed E-state index contributed by atoms with van der Waals surface area (Å²) in [6.45, 7) is 3.79. The van der Waals surface area contributed by atoms with E-state index in [1.807, 2.05) is 19.9 Å². The number of rotatable bonds is 8. The van der Waals surface area contributed by atoms with E-state index < -0.39 is 18.0 Å². The van der Waals surface area contributed by atoms with E-state index in [0.717, 1.165) is 17.5 Å². The quantitative estimate of drug-likeness (QED) is 0.297. The predicted molar refractivity (Wildman–Crippen MR) is 111 cm³/mol. The summed E-state index contributed by atoms with van der Waals surface area (Å²) in [4.78, 5) is 27.4. The molecule has 0 spiro atoms. The van der Waals surface area contributed by atoms with E-state index in [4.69, 9.17) is 16.3 Å². The van der Waals surface area contributed by atoms with E-state index in [-0.39, 0.29) is 5.92 Å². The summed E-state index contributed by atoms with van der Waals surface area (Å²) in [5, 5.41) is 9.85. The summed E-state index contributed by atoms with van der Waals surface area (Å²) in [5.41, 5.74) is 1.52. The second-order valence-electron chi connectivity index (χ2n) is 6.33. The van der Waals surface area contributed by atoms with Gasteiger partial charge in [0.15, 0.2) is 0 Å². The van der Waals surface area contributed by atoms with Crippen molar-refractivity contribution in [1.82, 2.24) is 0 Å². The number of carboxylic acids is 1. The third-order valence-corrected chi connectivity index (χ3v) is 4.41. The van der Waals surface area contributed by atoms with E-state index in [0.29, 0.717) is 10.8 Å². The number of nitrogens with zero attached hydrogens (tertiary/aromatic N) is 1. The Bertz CT molecular complexity index is 874. The molecule has 0 radical (unpaired) electrons. The Morgan fingerprint density at radius 2 is 1.89 bits per heavy atom. The molecule has 5 nitrogen and oxygen atoms in total. The first-order valence-corrected chi connectivity index (χ1v) is 9.28. The number of esters is 1. The zero-order chi connectivity index (χ0) is 20.5. The van der Waals surface area contributed by atoms with Gasteiger partial charge in [0, 0.05) is 17.3 Å². The van der Waals surface area contributed by atoms with Crippen LogP contribution in [0.2, 0.25) is 5.02 Å². The van der Waals surface area contributed by atoms with E-state index in [9.17, 15) is 14.7 Å². The van der Waals surface area contributed by atoms with E-state index in [1.165, 1.54) is 12.3 Å². The van der Waals surface area contributed by atoms with Gasteiger partial charge < -0.3 is 9.84 Å². The largest absolute Gasteiger partial charge is 0.480 e. The van der Waals surface area contributed by atoms with Gasteiger partial charge in [-0.3, -0.25) is 4.99 Å². The van der Waals surface area contributed by atoms with Gasteiger partial charge in [-0.05, 0) is 59.5 Å². The third kappa shape index (κ3) is 6.67. The van der Waals surface area contributed by atoms with Crippen LogP contribution in [0.25, 0.3) is 6.08 Å². The number of hydrogen-bond acceptors (Lipinski definition) is 4. The average Bonchev–Trinajstić information content (AvgIpc) is 2.67.